The molecule has 21 heavy (non-hydrogen) atoms. The number of nitrogens with two attached hydrogens (primary N) is 1. The normalized spacial score (nSPS) is 21.8. The lowest BCUT2D eigenvalue weighted by Gasteiger charge is -2.32. The number of hydrogen-bond donors (Lipinski definition) is 2. The zero-order valence-corrected chi connectivity index (χ0v) is 12.6. The Hall–Kier alpha value is -1.88. The van der Waals surface area contributed by atoms with Crippen LogP contribution in [0.3, 0.4) is 0 Å². The summed E-state index contributed by atoms with van der Waals surface area (Å²) < 4.78 is 0. The fraction of sp³-hybridized carbons (Fsp3) is 0.500. The van der Waals surface area contributed by atoms with Crippen LogP contribution >= 0.6 is 0 Å². The molecule has 1 heterocycles. The van der Waals surface area contributed by atoms with Crippen LogP contribution in [-0.2, 0) is 11.3 Å². The molecule has 0 radical (unpaired) electrons. The molecule has 2 unspecified atom stereocenters. The van der Waals surface area contributed by atoms with Crippen molar-refractivity contribution in [3.05, 3.63) is 35.4 Å². The molecule has 2 rings (SSSR count). The van der Waals surface area contributed by atoms with E-state index in [9.17, 15) is 9.59 Å². The molecule has 1 aromatic rings. The SMILES string of the molecule is CC1CCCNC1C(=O)N(C)Cc1ccc(C(N)=O)cc1. The third kappa shape index (κ3) is 3.82. The van der Waals surface area contributed by atoms with Crippen LogP contribution in [0.25, 0.3) is 0 Å². The van der Waals surface area contributed by atoms with Gasteiger partial charge in [-0.3, -0.25) is 9.59 Å². The molecule has 0 aromatic heterocycles. The minimum atomic E-state index is -0.439. The van der Waals surface area contributed by atoms with Gasteiger partial charge in [-0.1, -0.05) is 19.1 Å². The van der Waals surface area contributed by atoms with Crippen molar-refractivity contribution >= 4 is 11.8 Å². The number of likely N-dealkylation sites (N-methyl/N-ethyl adjacent to an activating group) is 1. The highest BCUT2D eigenvalue weighted by atomic mass is 16.2. The van der Waals surface area contributed by atoms with Crippen LogP contribution in [0, 0.1) is 5.92 Å². The number of nitrogens with one attached hydrogen (secondary N) is 1. The molecule has 0 bridgehead atoms. The van der Waals surface area contributed by atoms with Gasteiger partial charge in [0.15, 0.2) is 0 Å². The summed E-state index contributed by atoms with van der Waals surface area (Å²) in [6.07, 6.45) is 2.22. The quantitative estimate of drug-likeness (QED) is 0.872. The first kappa shape index (κ1) is 15.5. The third-order valence-corrected chi connectivity index (χ3v) is 4.07. The number of hydrogen-bond acceptors (Lipinski definition) is 3. The molecular formula is C16H23N3O2. The van der Waals surface area contributed by atoms with Gasteiger partial charge in [-0.05, 0) is 43.0 Å². The van der Waals surface area contributed by atoms with Gasteiger partial charge in [-0.25, -0.2) is 0 Å². The van der Waals surface area contributed by atoms with Gasteiger partial charge in [-0.2, -0.15) is 0 Å². The van der Waals surface area contributed by atoms with Crippen molar-refractivity contribution in [3.8, 4) is 0 Å². The maximum atomic E-state index is 12.5. The van der Waals surface area contributed by atoms with Crippen molar-refractivity contribution in [1.29, 1.82) is 0 Å². The van der Waals surface area contributed by atoms with Crippen LogP contribution in [0.2, 0.25) is 0 Å². The molecule has 1 aromatic carbocycles. The maximum Gasteiger partial charge on any atom is 0.248 e. The Morgan fingerprint density at radius 3 is 2.57 bits per heavy atom. The van der Waals surface area contributed by atoms with Gasteiger partial charge in [-0.15, -0.1) is 0 Å². The van der Waals surface area contributed by atoms with Crippen LogP contribution in [0.4, 0.5) is 0 Å². The Labute approximate surface area is 125 Å². The van der Waals surface area contributed by atoms with Crippen LogP contribution in [0.5, 0.6) is 0 Å². The average molecular weight is 289 g/mol. The Morgan fingerprint density at radius 2 is 2.00 bits per heavy atom. The number of amides is 2. The fourth-order valence-electron chi connectivity index (χ4n) is 2.74. The summed E-state index contributed by atoms with van der Waals surface area (Å²) >= 11 is 0. The molecule has 0 aliphatic carbocycles. The molecule has 5 nitrogen and oxygen atoms in total. The number of carbonyl (C=O) groups excluding carboxylic acids is 2. The summed E-state index contributed by atoms with van der Waals surface area (Å²) in [5.41, 5.74) is 6.68. The average Bonchev–Trinajstić information content (AvgIpc) is 2.47. The van der Waals surface area contributed by atoms with Crippen molar-refractivity contribution in [3.63, 3.8) is 0 Å². The second-order valence-electron chi connectivity index (χ2n) is 5.81. The number of carbonyl (C=O) groups is 2. The van der Waals surface area contributed by atoms with E-state index in [0.29, 0.717) is 18.0 Å². The van der Waals surface area contributed by atoms with Crippen molar-refractivity contribution in [2.45, 2.75) is 32.4 Å². The Kier molecular flexibility index (Phi) is 4.96. The van der Waals surface area contributed by atoms with E-state index in [-0.39, 0.29) is 11.9 Å². The molecule has 1 aliphatic rings. The van der Waals surface area contributed by atoms with Crippen molar-refractivity contribution < 1.29 is 9.59 Å². The first-order valence-electron chi connectivity index (χ1n) is 7.36. The molecule has 3 N–H and O–H groups in total. The number of primary amides is 1. The smallest absolute Gasteiger partial charge is 0.248 e. The van der Waals surface area contributed by atoms with Crippen LogP contribution in [0.15, 0.2) is 24.3 Å². The van der Waals surface area contributed by atoms with Crippen LogP contribution in [-0.4, -0.2) is 36.3 Å². The highest BCUT2D eigenvalue weighted by Gasteiger charge is 2.29. The first-order valence-corrected chi connectivity index (χ1v) is 7.36. The van der Waals surface area contributed by atoms with Gasteiger partial charge in [0.25, 0.3) is 0 Å². The molecule has 114 valence electrons. The second-order valence-corrected chi connectivity index (χ2v) is 5.81. The van der Waals surface area contributed by atoms with E-state index in [1.807, 2.05) is 19.2 Å². The molecule has 2 amide bonds. The minimum Gasteiger partial charge on any atom is -0.366 e. The van der Waals surface area contributed by atoms with Crippen LogP contribution in [0.1, 0.15) is 35.7 Å². The van der Waals surface area contributed by atoms with Crippen molar-refractivity contribution in [2.24, 2.45) is 11.7 Å². The Bertz CT molecular complexity index is 513. The topological polar surface area (TPSA) is 75.4 Å². The highest BCUT2D eigenvalue weighted by Crippen LogP contribution is 2.18. The minimum absolute atomic E-state index is 0.0892. The molecule has 1 aliphatic heterocycles. The third-order valence-electron chi connectivity index (χ3n) is 4.07. The maximum absolute atomic E-state index is 12.5. The first-order chi connectivity index (χ1) is 9.99. The molecule has 0 saturated carbocycles. The summed E-state index contributed by atoms with van der Waals surface area (Å²) in [5.74, 6) is 0.0540. The predicted molar refractivity (Wildman–Crippen MR) is 81.6 cm³/mol. The summed E-state index contributed by atoms with van der Waals surface area (Å²) in [7, 11) is 1.81. The van der Waals surface area contributed by atoms with Gasteiger partial charge >= 0.3 is 0 Å². The Balaban J connectivity index is 1.98. The number of nitrogens with zero attached hydrogens (tertiary/aromatic N) is 1. The second kappa shape index (κ2) is 6.72. The van der Waals surface area contributed by atoms with Gasteiger partial charge < -0.3 is 16.0 Å². The van der Waals surface area contributed by atoms with E-state index in [0.717, 1.165) is 24.9 Å². The van der Waals surface area contributed by atoms with Gasteiger partial charge in [0, 0.05) is 19.2 Å². The molecule has 0 spiro atoms. The number of piperidine rings is 1. The summed E-state index contributed by atoms with van der Waals surface area (Å²) in [6.45, 7) is 3.55. The molecule has 1 fully saturated rings. The molecule has 2 atom stereocenters. The van der Waals surface area contributed by atoms with E-state index in [2.05, 4.69) is 12.2 Å². The van der Waals surface area contributed by atoms with Crippen molar-refractivity contribution in [1.82, 2.24) is 10.2 Å². The predicted octanol–water partition coefficient (Wildman–Crippen LogP) is 1.13. The van der Waals surface area contributed by atoms with Crippen LogP contribution < -0.4 is 11.1 Å². The number of benzene rings is 1. The lowest BCUT2D eigenvalue weighted by atomic mass is 9.92. The summed E-state index contributed by atoms with van der Waals surface area (Å²) in [6, 6.07) is 6.96. The van der Waals surface area contributed by atoms with Crippen molar-refractivity contribution in [2.75, 3.05) is 13.6 Å². The van der Waals surface area contributed by atoms with E-state index in [1.54, 1.807) is 17.0 Å². The van der Waals surface area contributed by atoms with Gasteiger partial charge in [0.05, 0.1) is 6.04 Å². The summed E-state index contributed by atoms with van der Waals surface area (Å²) in [5, 5.41) is 3.31. The standard InChI is InChI=1S/C16H23N3O2/c1-11-4-3-9-18-14(11)16(21)19(2)10-12-5-7-13(8-6-12)15(17)20/h5-8,11,14,18H,3-4,9-10H2,1-2H3,(H2,17,20). The number of rotatable bonds is 4. The highest BCUT2D eigenvalue weighted by molar-refractivity contribution is 5.92. The molecule has 1 saturated heterocycles. The Morgan fingerprint density at radius 1 is 1.33 bits per heavy atom. The summed E-state index contributed by atoms with van der Waals surface area (Å²) in [4.78, 5) is 25.2. The van der Waals surface area contributed by atoms with Gasteiger partial charge in [0.1, 0.15) is 0 Å². The van der Waals surface area contributed by atoms with E-state index < -0.39 is 5.91 Å². The van der Waals surface area contributed by atoms with E-state index in [4.69, 9.17) is 5.73 Å². The lowest BCUT2D eigenvalue weighted by Crippen LogP contribution is -2.51. The zero-order valence-electron chi connectivity index (χ0n) is 12.6. The van der Waals surface area contributed by atoms with E-state index >= 15 is 0 Å². The fourth-order valence-corrected chi connectivity index (χ4v) is 2.74. The molecule has 5 heteroatoms. The van der Waals surface area contributed by atoms with E-state index in [1.165, 1.54) is 0 Å². The van der Waals surface area contributed by atoms with Gasteiger partial charge in [0.2, 0.25) is 11.8 Å². The zero-order chi connectivity index (χ0) is 15.4. The lowest BCUT2D eigenvalue weighted by molar-refractivity contribution is -0.134. The monoisotopic (exact) mass is 289 g/mol. The molecular weight excluding hydrogens is 266 g/mol. The largest absolute Gasteiger partial charge is 0.366 e.